The summed E-state index contributed by atoms with van der Waals surface area (Å²) < 4.78 is 16.9. The van der Waals surface area contributed by atoms with Crippen molar-refractivity contribution in [2.24, 2.45) is 0 Å². The van der Waals surface area contributed by atoms with Crippen LogP contribution in [0.15, 0.2) is 224 Å². The number of rotatable bonds is 7. The van der Waals surface area contributed by atoms with Gasteiger partial charge in [0.05, 0.1) is 11.0 Å². The molecule has 0 unspecified atom stereocenters. The van der Waals surface area contributed by atoms with Crippen LogP contribution >= 0.6 is 0 Å². The molecule has 3 heteroatoms. The third kappa shape index (κ3) is 5.95. The molecule has 2 nitrogen and oxygen atoms in total. The van der Waals surface area contributed by atoms with E-state index in [1.807, 2.05) is 24.3 Å². The summed E-state index contributed by atoms with van der Waals surface area (Å²) in [5.74, 6) is -0.240. The lowest BCUT2D eigenvalue weighted by atomic mass is 9.86. The molecule has 0 aliphatic carbocycles. The van der Waals surface area contributed by atoms with Crippen LogP contribution in [0.4, 0.5) is 21.5 Å². The lowest BCUT2D eigenvalue weighted by Gasteiger charge is -2.26. The molecule has 0 bridgehead atoms. The lowest BCUT2D eigenvalue weighted by molar-refractivity contribution is 0.629. The molecule has 278 valence electrons. The average molecular weight is 757 g/mol. The zero-order valence-electron chi connectivity index (χ0n) is 32.1. The Kier molecular flexibility index (Phi) is 8.37. The van der Waals surface area contributed by atoms with Crippen molar-refractivity contribution < 1.29 is 4.39 Å². The van der Waals surface area contributed by atoms with Gasteiger partial charge in [-0.3, -0.25) is 0 Å². The molecular weight excluding hydrogens is 720 g/mol. The van der Waals surface area contributed by atoms with Crippen molar-refractivity contribution in [1.29, 1.82) is 0 Å². The number of anilines is 3. The van der Waals surface area contributed by atoms with E-state index in [9.17, 15) is 4.39 Å². The predicted octanol–water partition coefficient (Wildman–Crippen LogP) is 15.7. The topological polar surface area (TPSA) is 8.17 Å². The molecule has 1 aromatic heterocycles. The van der Waals surface area contributed by atoms with Gasteiger partial charge in [-0.25, -0.2) is 4.39 Å². The minimum atomic E-state index is -0.240. The van der Waals surface area contributed by atoms with E-state index in [1.165, 1.54) is 43.8 Å². The van der Waals surface area contributed by atoms with Gasteiger partial charge in [-0.2, -0.15) is 0 Å². The first-order chi connectivity index (χ1) is 29.2. The number of benzene rings is 10. The number of halogens is 1. The summed E-state index contributed by atoms with van der Waals surface area (Å²) >= 11 is 0. The lowest BCUT2D eigenvalue weighted by Crippen LogP contribution is -2.09. The third-order valence-electron chi connectivity index (χ3n) is 11.6. The first-order valence-electron chi connectivity index (χ1n) is 20.0. The van der Waals surface area contributed by atoms with Crippen LogP contribution in [0.5, 0.6) is 0 Å². The van der Waals surface area contributed by atoms with Gasteiger partial charge in [0.2, 0.25) is 0 Å². The number of fused-ring (bicyclic) bond motifs is 5. The van der Waals surface area contributed by atoms with Crippen molar-refractivity contribution in [2.45, 2.75) is 0 Å². The van der Waals surface area contributed by atoms with Crippen LogP contribution in [-0.4, -0.2) is 4.57 Å². The van der Waals surface area contributed by atoms with Gasteiger partial charge in [0.15, 0.2) is 0 Å². The molecule has 0 radical (unpaired) electrons. The molecule has 0 N–H and O–H groups in total. The number of nitrogens with zero attached hydrogens (tertiary/aromatic N) is 2. The summed E-state index contributed by atoms with van der Waals surface area (Å²) in [5.41, 5.74) is 13.3. The van der Waals surface area contributed by atoms with Crippen molar-refractivity contribution in [3.63, 3.8) is 0 Å². The van der Waals surface area contributed by atoms with Gasteiger partial charge < -0.3 is 9.47 Å². The summed E-state index contributed by atoms with van der Waals surface area (Å²) in [5, 5.41) is 6.88. The Hall–Kier alpha value is -7.75. The van der Waals surface area contributed by atoms with E-state index in [4.69, 9.17) is 0 Å². The largest absolute Gasteiger partial charge is 0.311 e. The van der Waals surface area contributed by atoms with E-state index in [0.29, 0.717) is 0 Å². The molecule has 0 spiro atoms. The van der Waals surface area contributed by atoms with E-state index in [1.54, 1.807) is 12.1 Å². The van der Waals surface area contributed by atoms with Crippen LogP contribution in [-0.2, 0) is 0 Å². The maximum atomic E-state index is 14.7. The van der Waals surface area contributed by atoms with Crippen LogP contribution in [0.25, 0.3) is 82.4 Å². The highest BCUT2D eigenvalue weighted by atomic mass is 19.1. The number of para-hydroxylation sites is 2. The molecule has 0 atom stereocenters. The van der Waals surface area contributed by atoms with Crippen LogP contribution in [0.3, 0.4) is 0 Å². The average Bonchev–Trinajstić information content (AvgIpc) is 3.62. The Morgan fingerprint density at radius 3 is 1.27 bits per heavy atom. The predicted molar refractivity (Wildman–Crippen MR) is 247 cm³/mol. The zero-order chi connectivity index (χ0) is 39.3. The molecule has 0 amide bonds. The van der Waals surface area contributed by atoms with E-state index in [2.05, 4.69) is 198 Å². The molecule has 11 rings (SSSR count). The summed E-state index contributed by atoms with van der Waals surface area (Å²) in [6.07, 6.45) is 0. The van der Waals surface area contributed by atoms with Crippen molar-refractivity contribution >= 4 is 60.4 Å². The highest BCUT2D eigenvalue weighted by Crippen LogP contribution is 2.45. The van der Waals surface area contributed by atoms with Crippen LogP contribution < -0.4 is 4.90 Å². The molecule has 1 heterocycles. The second-order valence-electron chi connectivity index (χ2n) is 15.0. The van der Waals surface area contributed by atoms with Gasteiger partial charge in [0.1, 0.15) is 5.82 Å². The zero-order valence-corrected chi connectivity index (χ0v) is 32.1. The number of hydrogen-bond donors (Lipinski definition) is 0. The molecule has 10 aromatic carbocycles. The quantitative estimate of drug-likeness (QED) is 0.147. The molecule has 0 saturated heterocycles. The second kappa shape index (κ2) is 14.3. The molecule has 11 aromatic rings. The van der Waals surface area contributed by atoms with Crippen LogP contribution in [0.1, 0.15) is 0 Å². The van der Waals surface area contributed by atoms with Gasteiger partial charge in [-0.15, -0.1) is 0 Å². The standard InChI is InChI=1S/C56H37FN2/c57-42-29-35-54-52(37-42)51-36-41(28-34-53(51)59(54)44-18-8-3-9-19-44)38-24-30-45(31-25-38)58(43-16-6-2-7-17-43)46-32-26-40(27-33-46)56-49-22-12-10-20-47(49)55(39-14-4-1-5-15-39)48-21-11-13-23-50(48)56/h1-37H. The summed E-state index contributed by atoms with van der Waals surface area (Å²) in [6, 6.07) is 78.5. The van der Waals surface area contributed by atoms with Gasteiger partial charge in [0, 0.05) is 33.5 Å². The fourth-order valence-electron chi connectivity index (χ4n) is 8.99. The second-order valence-corrected chi connectivity index (χ2v) is 15.0. The minimum Gasteiger partial charge on any atom is -0.311 e. The van der Waals surface area contributed by atoms with Crippen molar-refractivity contribution in [3.05, 3.63) is 230 Å². The minimum absolute atomic E-state index is 0.240. The Bertz CT molecular complexity index is 3240. The van der Waals surface area contributed by atoms with Crippen LogP contribution in [0.2, 0.25) is 0 Å². The molecule has 0 aliphatic rings. The number of hydrogen-bond acceptors (Lipinski definition) is 1. The van der Waals surface area contributed by atoms with Gasteiger partial charge >= 0.3 is 0 Å². The molecule has 0 aliphatic heterocycles. The number of aromatic nitrogens is 1. The monoisotopic (exact) mass is 756 g/mol. The summed E-state index contributed by atoms with van der Waals surface area (Å²) in [4.78, 5) is 2.31. The highest BCUT2D eigenvalue weighted by molar-refractivity contribution is 6.21. The Morgan fingerprint density at radius 2 is 0.712 bits per heavy atom. The fraction of sp³-hybridized carbons (Fsp3) is 0. The van der Waals surface area contributed by atoms with E-state index >= 15 is 0 Å². The van der Waals surface area contributed by atoms with Gasteiger partial charge in [-0.05, 0) is 134 Å². The fourth-order valence-corrected chi connectivity index (χ4v) is 8.99. The summed E-state index contributed by atoms with van der Waals surface area (Å²) in [6.45, 7) is 0. The smallest absolute Gasteiger partial charge is 0.123 e. The first-order valence-corrected chi connectivity index (χ1v) is 20.0. The van der Waals surface area contributed by atoms with Gasteiger partial charge in [0.25, 0.3) is 0 Å². The summed E-state index contributed by atoms with van der Waals surface area (Å²) in [7, 11) is 0. The van der Waals surface area contributed by atoms with E-state index in [-0.39, 0.29) is 5.82 Å². The first kappa shape index (κ1) is 34.5. The van der Waals surface area contributed by atoms with E-state index < -0.39 is 0 Å². The molecule has 0 fully saturated rings. The third-order valence-corrected chi connectivity index (χ3v) is 11.6. The molecule has 0 saturated carbocycles. The Labute approximate surface area is 342 Å². The normalized spacial score (nSPS) is 11.5. The Balaban J connectivity index is 0.991. The van der Waals surface area contributed by atoms with Crippen molar-refractivity contribution in [3.8, 4) is 39.1 Å². The van der Waals surface area contributed by atoms with Crippen molar-refractivity contribution in [2.75, 3.05) is 4.90 Å². The van der Waals surface area contributed by atoms with Crippen molar-refractivity contribution in [1.82, 2.24) is 4.57 Å². The molecule has 59 heavy (non-hydrogen) atoms. The maximum Gasteiger partial charge on any atom is 0.123 e. The van der Waals surface area contributed by atoms with E-state index in [0.717, 1.165) is 55.7 Å². The van der Waals surface area contributed by atoms with Crippen LogP contribution in [0, 0.1) is 5.82 Å². The highest BCUT2D eigenvalue weighted by Gasteiger charge is 2.19. The molecular formula is C56H37FN2. The Morgan fingerprint density at radius 1 is 0.305 bits per heavy atom. The maximum absolute atomic E-state index is 14.7. The SMILES string of the molecule is Fc1ccc2c(c1)c1cc(-c3ccc(N(c4ccccc4)c4ccc(-c5c6ccccc6c(-c6ccccc6)c6ccccc56)cc4)cc3)ccc1n2-c1ccccc1. The van der Waals surface area contributed by atoms with Gasteiger partial charge in [-0.1, -0.05) is 146 Å².